The highest BCUT2D eigenvalue weighted by Gasteiger charge is 2.26. The first kappa shape index (κ1) is 15.0. The Morgan fingerprint density at radius 2 is 2.13 bits per heavy atom. The molecule has 1 atom stereocenters. The molecule has 1 saturated heterocycles. The number of nitrogens with zero attached hydrogens (tertiary/aromatic N) is 7. The molecule has 1 aliphatic heterocycles. The van der Waals surface area contributed by atoms with E-state index in [1.807, 2.05) is 11.8 Å². The average Bonchev–Trinajstić information content (AvgIpc) is 3.15. The van der Waals surface area contributed by atoms with Crippen molar-refractivity contribution in [2.45, 2.75) is 13.0 Å². The largest absolute Gasteiger partial charge is 0.353 e. The summed E-state index contributed by atoms with van der Waals surface area (Å²) >= 11 is 0. The quantitative estimate of drug-likeness (QED) is 0.817. The fourth-order valence-electron chi connectivity index (χ4n) is 2.61. The van der Waals surface area contributed by atoms with Crippen LogP contribution in [0, 0.1) is 11.3 Å². The number of rotatable bonds is 3. The normalized spacial score (nSPS) is 16.0. The molecule has 8 nitrogen and oxygen atoms in total. The van der Waals surface area contributed by atoms with Gasteiger partial charge in [-0.05, 0) is 19.1 Å². The number of nitriles is 1. The Balaban J connectivity index is 1.62. The van der Waals surface area contributed by atoms with Gasteiger partial charge in [-0.15, -0.1) is 0 Å². The SMILES string of the molecule is C[C@@H](C(=O)N1CCN(c2cc(C#N)ccn2)CC1)n1cncn1. The third-order valence-corrected chi connectivity index (χ3v) is 3.98. The van der Waals surface area contributed by atoms with Crippen LogP contribution in [0.1, 0.15) is 18.5 Å². The van der Waals surface area contributed by atoms with Crippen LogP contribution < -0.4 is 4.90 Å². The number of amides is 1. The molecule has 2 aromatic rings. The van der Waals surface area contributed by atoms with E-state index in [0.29, 0.717) is 31.7 Å². The lowest BCUT2D eigenvalue weighted by molar-refractivity contribution is -0.134. The molecule has 3 heterocycles. The molecule has 0 saturated carbocycles. The lowest BCUT2D eigenvalue weighted by atomic mass is 10.2. The third kappa shape index (κ3) is 3.13. The number of anilines is 1. The minimum atomic E-state index is -0.357. The Hall–Kier alpha value is -2.95. The molecule has 1 fully saturated rings. The summed E-state index contributed by atoms with van der Waals surface area (Å²) in [6.07, 6.45) is 4.61. The van der Waals surface area contributed by atoms with Gasteiger partial charge in [-0.3, -0.25) is 4.79 Å². The molecule has 8 heteroatoms. The predicted molar refractivity (Wildman–Crippen MR) is 82.5 cm³/mol. The van der Waals surface area contributed by atoms with Gasteiger partial charge in [0.25, 0.3) is 0 Å². The summed E-state index contributed by atoms with van der Waals surface area (Å²) in [7, 11) is 0. The number of carbonyl (C=O) groups is 1. The lowest BCUT2D eigenvalue weighted by Gasteiger charge is -2.36. The van der Waals surface area contributed by atoms with Gasteiger partial charge in [0.1, 0.15) is 24.5 Å². The summed E-state index contributed by atoms with van der Waals surface area (Å²) in [5.74, 6) is 0.814. The summed E-state index contributed by atoms with van der Waals surface area (Å²) in [6, 6.07) is 5.22. The highest BCUT2D eigenvalue weighted by molar-refractivity contribution is 5.80. The van der Waals surface area contributed by atoms with Gasteiger partial charge in [-0.1, -0.05) is 0 Å². The van der Waals surface area contributed by atoms with E-state index in [1.165, 1.54) is 6.33 Å². The maximum absolute atomic E-state index is 12.5. The summed E-state index contributed by atoms with van der Waals surface area (Å²) < 4.78 is 1.56. The monoisotopic (exact) mass is 311 g/mol. The zero-order valence-electron chi connectivity index (χ0n) is 12.8. The molecule has 1 aliphatic rings. The van der Waals surface area contributed by atoms with Gasteiger partial charge in [-0.25, -0.2) is 14.6 Å². The molecular formula is C15H17N7O. The Bertz CT molecular complexity index is 714. The molecule has 23 heavy (non-hydrogen) atoms. The van der Waals surface area contributed by atoms with E-state index in [2.05, 4.69) is 26.0 Å². The molecule has 0 aromatic carbocycles. The third-order valence-electron chi connectivity index (χ3n) is 3.98. The van der Waals surface area contributed by atoms with Crippen molar-refractivity contribution in [2.24, 2.45) is 0 Å². The van der Waals surface area contributed by atoms with E-state index in [4.69, 9.17) is 5.26 Å². The van der Waals surface area contributed by atoms with Crippen LogP contribution in [0.4, 0.5) is 5.82 Å². The van der Waals surface area contributed by atoms with Gasteiger partial charge in [-0.2, -0.15) is 10.4 Å². The zero-order chi connectivity index (χ0) is 16.2. The van der Waals surface area contributed by atoms with Crippen molar-refractivity contribution in [2.75, 3.05) is 31.1 Å². The van der Waals surface area contributed by atoms with Crippen LogP contribution in [0.2, 0.25) is 0 Å². The molecule has 1 amide bonds. The molecule has 118 valence electrons. The van der Waals surface area contributed by atoms with Crippen LogP contribution in [-0.4, -0.2) is 56.7 Å². The van der Waals surface area contributed by atoms with Crippen molar-refractivity contribution in [1.82, 2.24) is 24.6 Å². The Labute approximate surface area is 134 Å². The van der Waals surface area contributed by atoms with E-state index >= 15 is 0 Å². The second-order valence-corrected chi connectivity index (χ2v) is 5.38. The number of aromatic nitrogens is 4. The summed E-state index contributed by atoms with van der Waals surface area (Å²) in [4.78, 5) is 24.6. The highest BCUT2D eigenvalue weighted by atomic mass is 16.2. The molecule has 0 spiro atoms. The van der Waals surface area contributed by atoms with E-state index in [0.717, 1.165) is 5.82 Å². The van der Waals surface area contributed by atoms with Crippen LogP contribution in [-0.2, 0) is 4.79 Å². The molecule has 0 aliphatic carbocycles. The summed E-state index contributed by atoms with van der Waals surface area (Å²) in [5, 5.41) is 13.0. The summed E-state index contributed by atoms with van der Waals surface area (Å²) in [6.45, 7) is 4.45. The first-order valence-corrected chi connectivity index (χ1v) is 7.43. The first-order chi connectivity index (χ1) is 11.2. The second kappa shape index (κ2) is 6.44. The van der Waals surface area contributed by atoms with E-state index in [1.54, 1.807) is 29.3 Å². The Kier molecular flexibility index (Phi) is 4.19. The smallest absolute Gasteiger partial charge is 0.247 e. The van der Waals surface area contributed by atoms with Crippen LogP contribution >= 0.6 is 0 Å². The van der Waals surface area contributed by atoms with Gasteiger partial charge in [0.05, 0.1) is 11.6 Å². The van der Waals surface area contributed by atoms with Crippen LogP contribution in [0.15, 0.2) is 31.0 Å². The maximum atomic E-state index is 12.5. The number of piperazine rings is 1. The zero-order valence-corrected chi connectivity index (χ0v) is 12.8. The van der Waals surface area contributed by atoms with Gasteiger partial charge < -0.3 is 9.80 Å². The minimum absolute atomic E-state index is 0.0360. The average molecular weight is 311 g/mol. The van der Waals surface area contributed by atoms with E-state index < -0.39 is 0 Å². The molecule has 0 N–H and O–H groups in total. The van der Waals surface area contributed by atoms with Crippen molar-refractivity contribution in [3.63, 3.8) is 0 Å². The Morgan fingerprint density at radius 1 is 1.35 bits per heavy atom. The summed E-state index contributed by atoms with van der Waals surface area (Å²) in [5.41, 5.74) is 0.591. The van der Waals surface area contributed by atoms with Crippen molar-refractivity contribution < 1.29 is 4.79 Å². The van der Waals surface area contributed by atoms with Gasteiger partial charge in [0, 0.05) is 32.4 Å². The molecule has 3 rings (SSSR count). The number of hydrogen-bond donors (Lipinski definition) is 0. The van der Waals surface area contributed by atoms with Gasteiger partial charge in [0.15, 0.2) is 0 Å². The maximum Gasteiger partial charge on any atom is 0.247 e. The lowest BCUT2D eigenvalue weighted by Crippen LogP contribution is -2.50. The van der Waals surface area contributed by atoms with Crippen LogP contribution in [0.3, 0.4) is 0 Å². The molecule has 0 unspecified atom stereocenters. The van der Waals surface area contributed by atoms with Crippen molar-refractivity contribution in [3.8, 4) is 6.07 Å². The van der Waals surface area contributed by atoms with Crippen molar-refractivity contribution in [1.29, 1.82) is 5.26 Å². The molecule has 0 radical (unpaired) electrons. The van der Waals surface area contributed by atoms with Crippen LogP contribution in [0.25, 0.3) is 0 Å². The number of hydrogen-bond acceptors (Lipinski definition) is 6. The molecule has 0 bridgehead atoms. The standard InChI is InChI=1S/C15H17N7O/c1-12(22-11-17-10-19-22)15(23)21-6-4-20(5-7-21)14-8-13(9-16)2-3-18-14/h2-3,8,10-12H,4-7H2,1H3/t12-/m0/s1. The topological polar surface area (TPSA) is 90.9 Å². The van der Waals surface area contributed by atoms with E-state index in [9.17, 15) is 4.79 Å². The van der Waals surface area contributed by atoms with E-state index in [-0.39, 0.29) is 11.9 Å². The molecule has 2 aromatic heterocycles. The second-order valence-electron chi connectivity index (χ2n) is 5.38. The predicted octanol–water partition coefficient (Wildman–Crippen LogP) is 0.455. The van der Waals surface area contributed by atoms with Crippen LogP contribution in [0.5, 0.6) is 0 Å². The Morgan fingerprint density at radius 3 is 2.78 bits per heavy atom. The number of pyridine rings is 1. The minimum Gasteiger partial charge on any atom is -0.353 e. The highest BCUT2D eigenvalue weighted by Crippen LogP contribution is 2.16. The first-order valence-electron chi connectivity index (χ1n) is 7.43. The number of carbonyl (C=O) groups excluding carboxylic acids is 1. The van der Waals surface area contributed by atoms with Crippen molar-refractivity contribution in [3.05, 3.63) is 36.5 Å². The fourth-order valence-corrected chi connectivity index (χ4v) is 2.61. The molecular weight excluding hydrogens is 294 g/mol. The van der Waals surface area contributed by atoms with Crippen molar-refractivity contribution >= 4 is 11.7 Å². The van der Waals surface area contributed by atoms with Gasteiger partial charge in [0.2, 0.25) is 5.91 Å². The fraction of sp³-hybridized carbons (Fsp3) is 0.400. The van der Waals surface area contributed by atoms with Gasteiger partial charge >= 0.3 is 0 Å².